The number of nitrogens with two attached hydrogens (primary N) is 1. The molecule has 30 heavy (non-hydrogen) atoms. The highest BCUT2D eigenvalue weighted by Crippen LogP contribution is 2.33. The summed E-state index contributed by atoms with van der Waals surface area (Å²) in [5.74, 6) is 0.916. The SMILES string of the molecule is NC(=O)c1ccc(N2CCC(C(=O)N3CC[C@H](c4ccc(Cl)c(Cl)c4)C3)CC2)nc1. The van der Waals surface area contributed by atoms with E-state index in [2.05, 4.69) is 9.88 Å². The van der Waals surface area contributed by atoms with E-state index >= 15 is 0 Å². The minimum absolute atomic E-state index is 0.0405. The van der Waals surface area contributed by atoms with Gasteiger partial charge in [-0.3, -0.25) is 9.59 Å². The predicted octanol–water partition coefficient (Wildman–Crippen LogP) is 3.72. The zero-order chi connectivity index (χ0) is 21.3. The molecule has 2 fully saturated rings. The maximum absolute atomic E-state index is 13.1. The molecule has 4 rings (SSSR count). The number of carbonyl (C=O) groups is 2. The van der Waals surface area contributed by atoms with Gasteiger partial charge in [0.05, 0.1) is 15.6 Å². The van der Waals surface area contributed by atoms with Crippen LogP contribution in [0.2, 0.25) is 10.0 Å². The Hall–Kier alpha value is -2.31. The molecule has 8 heteroatoms. The fourth-order valence-corrected chi connectivity index (χ4v) is 4.64. The van der Waals surface area contributed by atoms with Crippen LogP contribution in [-0.4, -0.2) is 47.9 Å². The van der Waals surface area contributed by atoms with E-state index in [9.17, 15) is 9.59 Å². The molecule has 2 amide bonds. The smallest absolute Gasteiger partial charge is 0.250 e. The third-order valence-electron chi connectivity index (χ3n) is 6.12. The zero-order valence-corrected chi connectivity index (χ0v) is 18.1. The van der Waals surface area contributed by atoms with Crippen molar-refractivity contribution in [2.24, 2.45) is 11.7 Å². The molecule has 3 heterocycles. The third-order valence-corrected chi connectivity index (χ3v) is 6.85. The molecule has 2 aliphatic rings. The van der Waals surface area contributed by atoms with Gasteiger partial charge >= 0.3 is 0 Å². The highest BCUT2D eigenvalue weighted by Gasteiger charge is 2.33. The van der Waals surface area contributed by atoms with E-state index in [0.29, 0.717) is 21.5 Å². The van der Waals surface area contributed by atoms with E-state index in [0.717, 1.165) is 56.8 Å². The van der Waals surface area contributed by atoms with Gasteiger partial charge in [-0.2, -0.15) is 0 Å². The molecule has 2 saturated heterocycles. The minimum atomic E-state index is -0.483. The number of amides is 2. The number of benzene rings is 1. The number of likely N-dealkylation sites (tertiary alicyclic amines) is 1. The van der Waals surface area contributed by atoms with Crippen molar-refractivity contribution in [1.82, 2.24) is 9.88 Å². The van der Waals surface area contributed by atoms with E-state index in [4.69, 9.17) is 28.9 Å². The van der Waals surface area contributed by atoms with E-state index < -0.39 is 5.91 Å². The van der Waals surface area contributed by atoms with Crippen molar-refractivity contribution >= 4 is 40.8 Å². The maximum atomic E-state index is 13.1. The first-order chi connectivity index (χ1) is 14.4. The van der Waals surface area contributed by atoms with E-state index in [1.165, 1.54) is 6.20 Å². The van der Waals surface area contributed by atoms with Crippen LogP contribution in [0, 0.1) is 5.92 Å². The maximum Gasteiger partial charge on any atom is 0.250 e. The summed E-state index contributed by atoms with van der Waals surface area (Å²) in [5.41, 5.74) is 6.80. The molecule has 1 atom stereocenters. The zero-order valence-electron chi connectivity index (χ0n) is 16.6. The highest BCUT2D eigenvalue weighted by molar-refractivity contribution is 6.42. The molecule has 2 aromatic rings. The van der Waals surface area contributed by atoms with Crippen molar-refractivity contribution in [3.05, 3.63) is 57.7 Å². The summed E-state index contributed by atoms with van der Waals surface area (Å²) in [6.45, 7) is 3.04. The second-order valence-electron chi connectivity index (χ2n) is 7.97. The Morgan fingerprint density at radius 1 is 1.00 bits per heavy atom. The molecule has 0 bridgehead atoms. The van der Waals surface area contributed by atoms with Gasteiger partial charge < -0.3 is 15.5 Å². The second-order valence-corrected chi connectivity index (χ2v) is 8.79. The lowest BCUT2D eigenvalue weighted by Gasteiger charge is -2.34. The van der Waals surface area contributed by atoms with Crippen LogP contribution in [0.15, 0.2) is 36.5 Å². The lowest BCUT2D eigenvalue weighted by Crippen LogP contribution is -2.42. The molecule has 6 nitrogen and oxygen atoms in total. The monoisotopic (exact) mass is 446 g/mol. The largest absolute Gasteiger partial charge is 0.366 e. The standard InChI is InChI=1S/C22H24Cl2N4O2/c23-18-3-1-15(11-19(18)24)17-7-10-28(13-17)22(30)14-5-8-27(9-6-14)20-4-2-16(12-26-20)21(25)29/h1-4,11-12,14,17H,5-10,13H2,(H2,25,29)/t17-/m0/s1. The van der Waals surface area contributed by atoms with Gasteiger partial charge in [-0.25, -0.2) is 4.98 Å². The lowest BCUT2D eigenvalue weighted by molar-refractivity contribution is -0.135. The van der Waals surface area contributed by atoms with Gasteiger partial charge in [0.1, 0.15) is 5.82 Å². The van der Waals surface area contributed by atoms with Crippen molar-refractivity contribution in [2.75, 3.05) is 31.1 Å². The first-order valence-electron chi connectivity index (χ1n) is 10.2. The van der Waals surface area contributed by atoms with Gasteiger partial charge in [-0.05, 0) is 49.1 Å². The molecular formula is C22H24Cl2N4O2. The van der Waals surface area contributed by atoms with E-state index in [1.807, 2.05) is 29.2 Å². The van der Waals surface area contributed by atoms with Crippen LogP contribution < -0.4 is 10.6 Å². The van der Waals surface area contributed by atoms with Crippen LogP contribution in [-0.2, 0) is 4.79 Å². The van der Waals surface area contributed by atoms with Crippen LogP contribution in [0.25, 0.3) is 0 Å². The fraction of sp³-hybridized carbons (Fsp3) is 0.409. The summed E-state index contributed by atoms with van der Waals surface area (Å²) in [4.78, 5) is 32.7. The van der Waals surface area contributed by atoms with Gasteiger partial charge in [0.2, 0.25) is 11.8 Å². The first-order valence-corrected chi connectivity index (χ1v) is 10.9. The molecule has 2 N–H and O–H groups in total. The van der Waals surface area contributed by atoms with Gasteiger partial charge in [-0.15, -0.1) is 0 Å². The first kappa shape index (κ1) is 20.9. The number of piperidine rings is 1. The number of nitrogens with zero attached hydrogens (tertiary/aromatic N) is 3. The summed E-state index contributed by atoms with van der Waals surface area (Å²) in [6.07, 6.45) is 4.04. The molecule has 0 aliphatic carbocycles. The summed E-state index contributed by atoms with van der Waals surface area (Å²) in [5, 5.41) is 1.11. The van der Waals surface area contributed by atoms with Crippen LogP contribution >= 0.6 is 23.2 Å². The van der Waals surface area contributed by atoms with Crippen LogP contribution in [0.1, 0.15) is 41.1 Å². The Kier molecular flexibility index (Phi) is 6.16. The van der Waals surface area contributed by atoms with Crippen molar-refractivity contribution in [3.8, 4) is 0 Å². The third kappa shape index (κ3) is 4.40. The summed E-state index contributed by atoms with van der Waals surface area (Å²) < 4.78 is 0. The van der Waals surface area contributed by atoms with Gasteiger partial charge in [0.15, 0.2) is 0 Å². The Labute approximate surface area is 185 Å². The van der Waals surface area contributed by atoms with E-state index in [-0.39, 0.29) is 11.8 Å². The molecule has 0 unspecified atom stereocenters. The van der Waals surface area contributed by atoms with Gasteiger partial charge in [0, 0.05) is 44.2 Å². The van der Waals surface area contributed by atoms with Crippen molar-refractivity contribution in [1.29, 1.82) is 0 Å². The Morgan fingerprint density at radius 2 is 1.77 bits per heavy atom. The molecule has 1 aromatic heterocycles. The van der Waals surface area contributed by atoms with Crippen LogP contribution in [0.5, 0.6) is 0 Å². The summed E-state index contributed by atoms with van der Waals surface area (Å²) in [7, 11) is 0. The molecule has 1 aromatic carbocycles. The predicted molar refractivity (Wildman–Crippen MR) is 118 cm³/mol. The average molecular weight is 447 g/mol. The van der Waals surface area contributed by atoms with Crippen molar-refractivity contribution < 1.29 is 9.59 Å². The number of halogens is 2. The number of aromatic nitrogens is 1. The summed E-state index contributed by atoms with van der Waals surface area (Å²) >= 11 is 12.2. The number of primary amides is 1. The Morgan fingerprint density at radius 3 is 2.40 bits per heavy atom. The Bertz CT molecular complexity index is 943. The molecule has 0 saturated carbocycles. The quantitative estimate of drug-likeness (QED) is 0.775. The molecular weight excluding hydrogens is 423 g/mol. The lowest BCUT2D eigenvalue weighted by atomic mass is 9.95. The minimum Gasteiger partial charge on any atom is -0.366 e. The van der Waals surface area contributed by atoms with Gasteiger partial charge in [0.25, 0.3) is 0 Å². The van der Waals surface area contributed by atoms with Gasteiger partial charge in [-0.1, -0.05) is 29.3 Å². The molecule has 158 valence electrons. The highest BCUT2D eigenvalue weighted by atomic mass is 35.5. The topological polar surface area (TPSA) is 79.5 Å². The average Bonchev–Trinajstić information content (AvgIpc) is 3.25. The number of anilines is 1. The molecule has 0 radical (unpaired) electrons. The number of hydrogen-bond donors (Lipinski definition) is 1. The number of rotatable bonds is 4. The molecule has 0 spiro atoms. The van der Waals surface area contributed by atoms with Crippen molar-refractivity contribution in [2.45, 2.75) is 25.2 Å². The number of carbonyl (C=O) groups excluding carboxylic acids is 2. The fourth-order valence-electron chi connectivity index (χ4n) is 4.33. The number of hydrogen-bond acceptors (Lipinski definition) is 4. The van der Waals surface area contributed by atoms with Crippen LogP contribution in [0.3, 0.4) is 0 Å². The second kappa shape index (κ2) is 8.82. The Balaban J connectivity index is 1.32. The number of pyridine rings is 1. The van der Waals surface area contributed by atoms with E-state index in [1.54, 1.807) is 6.07 Å². The van der Waals surface area contributed by atoms with Crippen LogP contribution in [0.4, 0.5) is 5.82 Å². The normalized spacial score (nSPS) is 19.9. The summed E-state index contributed by atoms with van der Waals surface area (Å²) in [6, 6.07) is 9.24. The molecule has 2 aliphatic heterocycles. The van der Waals surface area contributed by atoms with Crippen molar-refractivity contribution in [3.63, 3.8) is 0 Å².